The molecule has 0 aromatic heterocycles. The summed E-state index contributed by atoms with van der Waals surface area (Å²) in [6, 6.07) is 5.77. The summed E-state index contributed by atoms with van der Waals surface area (Å²) in [5, 5.41) is 4.20. The molecule has 0 atom stereocenters. The molecule has 0 radical (unpaired) electrons. The van der Waals surface area contributed by atoms with Crippen LogP contribution in [0.2, 0.25) is 5.02 Å². The zero-order valence-corrected chi connectivity index (χ0v) is 15.4. The molecule has 1 rings (SSSR count). The first-order valence-electron chi connectivity index (χ1n) is 7.05. The summed E-state index contributed by atoms with van der Waals surface area (Å²) in [5.74, 6) is 0.919. The van der Waals surface area contributed by atoms with Gasteiger partial charge in [-0.1, -0.05) is 25.4 Å². The molecule has 0 spiro atoms. The predicted molar refractivity (Wildman–Crippen MR) is 96.6 cm³/mol. The zero-order valence-electron chi connectivity index (χ0n) is 13.0. The number of halogens is 3. The van der Waals surface area contributed by atoms with E-state index in [1.165, 1.54) is 0 Å². The summed E-state index contributed by atoms with van der Waals surface area (Å²) in [6.45, 7) is 12.1. The number of rotatable bonds is 9. The van der Waals surface area contributed by atoms with Crippen LogP contribution in [0.4, 0.5) is 0 Å². The summed E-state index contributed by atoms with van der Waals surface area (Å²) in [5.41, 5.74) is 1.12. The number of hydrogen-bond acceptors (Lipinski definition) is 3. The highest BCUT2D eigenvalue weighted by Gasteiger charge is 2.04. The lowest BCUT2D eigenvalue weighted by Gasteiger charge is -2.18. The first-order valence-corrected chi connectivity index (χ1v) is 7.43. The maximum Gasteiger partial charge on any atom is 0.123 e. The third-order valence-corrected chi connectivity index (χ3v) is 3.37. The number of ether oxygens (including phenoxy) is 1. The van der Waals surface area contributed by atoms with Crippen LogP contribution in [-0.2, 0) is 6.54 Å². The molecular weight excluding hydrogens is 331 g/mol. The third-order valence-electron chi connectivity index (χ3n) is 3.14. The van der Waals surface area contributed by atoms with Crippen molar-refractivity contribution in [3.63, 3.8) is 0 Å². The number of benzene rings is 1. The Morgan fingerprint density at radius 1 is 1.14 bits per heavy atom. The van der Waals surface area contributed by atoms with Gasteiger partial charge < -0.3 is 15.0 Å². The van der Waals surface area contributed by atoms with E-state index in [0.717, 1.165) is 49.1 Å². The Labute approximate surface area is 146 Å². The SMILES string of the molecule is CCOc1ccc(Cl)cc1CNCCN(CC)CC.Cl.Cl. The zero-order chi connectivity index (χ0) is 14.1. The Hall–Kier alpha value is -0.190. The summed E-state index contributed by atoms with van der Waals surface area (Å²) in [7, 11) is 0. The van der Waals surface area contributed by atoms with E-state index in [1.54, 1.807) is 0 Å². The van der Waals surface area contributed by atoms with E-state index in [-0.39, 0.29) is 24.8 Å². The Balaban J connectivity index is 0. The van der Waals surface area contributed by atoms with E-state index < -0.39 is 0 Å². The summed E-state index contributed by atoms with van der Waals surface area (Å²) in [4.78, 5) is 2.40. The standard InChI is InChI=1S/C15H25ClN2O.2ClH/c1-4-18(5-2)10-9-17-12-13-11-14(16)7-8-15(13)19-6-3;;/h7-8,11,17H,4-6,9-10,12H2,1-3H3;2*1H. The normalized spacial score (nSPS) is 9.95. The molecule has 0 bridgehead atoms. The number of nitrogens with one attached hydrogen (secondary N) is 1. The van der Waals surface area contributed by atoms with Crippen molar-refractivity contribution in [1.82, 2.24) is 10.2 Å². The van der Waals surface area contributed by atoms with Crippen LogP contribution in [0.5, 0.6) is 5.75 Å². The maximum absolute atomic E-state index is 6.03. The topological polar surface area (TPSA) is 24.5 Å². The molecule has 6 heteroatoms. The molecule has 0 saturated heterocycles. The van der Waals surface area contributed by atoms with Gasteiger partial charge in [-0.05, 0) is 38.2 Å². The second-order valence-electron chi connectivity index (χ2n) is 4.39. The van der Waals surface area contributed by atoms with Crippen molar-refractivity contribution in [2.45, 2.75) is 27.3 Å². The molecule has 0 aliphatic heterocycles. The van der Waals surface area contributed by atoms with Crippen LogP contribution < -0.4 is 10.1 Å². The molecule has 0 unspecified atom stereocenters. The highest BCUT2D eigenvalue weighted by molar-refractivity contribution is 6.30. The molecule has 0 amide bonds. The van der Waals surface area contributed by atoms with Crippen molar-refractivity contribution >= 4 is 36.4 Å². The largest absolute Gasteiger partial charge is 0.494 e. The molecule has 0 saturated carbocycles. The van der Waals surface area contributed by atoms with Gasteiger partial charge in [-0.3, -0.25) is 0 Å². The van der Waals surface area contributed by atoms with Crippen molar-refractivity contribution in [3.05, 3.63) is 28.8 Å². The first-order chi connectivity index (χ1) is 9.21. The lowest BCUT2D eigenvalue weighted by Crippen LogP contribution is -2.31. The quantitative estimate of drug-likeness (QED) is 0.676. The molecular formula is C15H27Cl3N2O. The molecule has 0 heterocycles. The van der Waals surface area contributed by atoms with Crippen LogP contribution in [0.3, 0.4) is 0 Å². The van der Waals surface area contributed by atoms with E-state index in [2.05, 4.69) is 24.1 Å². The monoisotopic (exact) mass is 356 g/mol. The lowest BCUT2D eigenvalue weighted by atomic mass is 10.2. The molecule has 3 nitrogen and oxygen atoms in total. The Bertz CT molecular complexity index is 374. The molecule has 0 aliphatic carbocycles. The van der Waals surface area contributed by atoms with Crippen LogP contribution in [0.15, 0.2) is 18.2 Å². The number of nitrogens with zero attached hydrogens (tertiary/aromatic N) is 1. The van der Waals surface area contributed by atoms with E-state index in [1.807, 2.05) is 25.1 Å². The fourth-order valence-corrected chi connectivity index (χ4v) is 2.18. The highest BCUT2D eigenvalue weighted by atomic mass is 35.5. The Morgan fingerprint density at radius 2 is 1.81 bits per heavy atom. The molecule has 21 heavy (non-hydrogen) atoms. The van der Waals surface area contributed by atoms with Crippen LogP contribution in [0, 0.1) is 0 Å². The van der Waals surface area contributed by atoms with Gasteiger partial charge in [0.1, 0.15) is 5.75 Å². The summed E-state index contributed by atoms with van der Waals surface area (Å²) >= 11 is 6.03. The average molecular weight is 358 g/mol. The second-order valence-corrected chi connectivity index (χ2v) is 4.83. The summed E-state index contributed by atoms with van der Waals surface area (Å²) in [6.07, 6.45) is 0. The van der Waals surface area contributed by atoms with Gasteiger partial charge in [-0.15, -0.1) is 24.8 Å². The van der Waals surface area contributed by atoms with Gasteiger partial charge >= 0.3 is 0 Å². The van der Waals surface area contributed by atoms with Gasteiger partial charge in [0.15, 0.2) is 0 Å². The van der Waals surface area contributed by atoms with Crippen molar-refractivity contribution in [2.24, 2.45) is 0 Å². The first kappa shape index (κ1) is 23.1. The van der Waals surface area contributed by atoms with E-state index in [9.17, 15) is 0 Å². The lowest BCUT2D eigenvalue weighted by molar-refractivity contribution is 0.301. The minimum Gasteiger partial charge on any atom is -0.494 e. The molecule has 0 fully saturated rings. The van der Waals surface area contributed by atoms with Crippen LogP contribution in [-0.4, -0.2) is 37.7 Å². The van der Waals surface area contributed by atoms with Crippen molar-refractivity contribution < 1.29 is 4.74 Å². The second kappa shape index (κ2) is 13.5. The Kier molecular flexibility index (Phi) is 14.8. The highest BCUT2D eigenvalue weighted by Crippen LogP contribution is 2.22. The molecule has 0 aliphatic rings. The van der Waals surface area contributed by atoms with Crippen LogP contribution in [0.1, 0.15) is 26.3 Å². The Morgan fingerprint density at radius 3 is 2.38 bits per heavy atom. The van der Waals surface area contributed by atoms with Gasteiger partial charge in [0.25, 0.3) is 0 Å². The molecule has 1 aromatic carbocycles. The maximum atomic E-state index is 6.03. The van der Waals surface area contributed by atoms with Gasteiger partial charge in [-0.25, -0.2) is 0 Å². The van der Waals surface area contributed by atoms with Crippen molar-refractivity contribution in [3.8, 4) is 5.75 Å². The van der Waals surface area contributed by atoms with E-state index in [4.69, 9.17) is 16.3 Å². The fraction of sp³-hybridized carbons (Fsp3) is 0.600. The van der Waals surface area contributed by atoms with Gasteiger partial charge in [0.2, 0.25) is 0 Å². The molecule has 124 valence electrons. The summed E-state index contributed by atoms with van der Waals surface area (Å²) < 4.78 is 5.60. The van der Waals surface area contributed by atoms with Gasteiger partial charge in [0.05, 0.1) is 6.61 Å². The van der Waals surface area contributed by atoms with E-state index in [0.29, 0.717) is 6.61 Å². The minimum absolute atomic E-state index is 0. The fourth-order valence-electron chi connectivity index (χ4n) is 1.98. The number of likely N-dealkylation sites (N-methyl/N-ethyl adjacent to an activating group) is 1. The van der Waals surface area contributed by atoms with Gasteiger partial charge in [0, 0.05) is 30.2 Å². The molecule has 1 N–H and O–H groups in total. The van der Waals surface area contributed by atoms with Crippen molar-refractivity contribution in [1.29, 1.82) is 0 Å². The van der Waals surface area contributed by atoms with Gasteiger partial charge in [-0.2, -0.15) is 0 Å². The molecule has 1 aromatic rings. The van der Waals surface area contributed by atoms with E-state index >= 15 is 0 Å². The third kappa shape index (κ3) is 8.74. The predicted octanol–water partition coefficient (Wildman–Crippen LogP) is 4.01. The number of hydrogen-bond donors (Lipinski definition) is 1. The minimum atomic E-state index is 0. The smallest absolute Gasteiger partial charge is 0.123 e. The van der Waals surface area contributed by atoms with Crippen LogP contribution >= 0.6 is 36.4 Å². The van der Waals surface area contributed by atoms with Crippen LogP contribution in [0.25, 0.3) is 0 Å². The van der Waals surface area contributed by atoms with Crippen molar-refractivity contribution in [2.75, 3.05) is 32.8 Å². The average Bonchev–Trinajstić information content (AvgIpc) is 2.42.